The third-order valence-corrected chi connectivity index (χ3v) is 5.45. The van der Waals surface area contributed by atoms with Gasteiger partial charge in [0.05, 0.1) is 37.1 Å². The minimum atomic E-state index is -0.650. The van der Waals surface area contributed by atoms with E-state index < -0.39 is 5.97 Å². The number of methoxy groups -OCH3 is 1. The molecule has 0 aliphatic carbocycles. The molecule has 1 heterocycles. The fourth-order valence-electron chi connectivity index (χ4n) is 3.20. The summed E-state index contributed by atoms with van der Waals surface area (Å²) in [5.74, 6) is -0.473. The van der Waals surface area contributed by atoms with Crippen LogP contribution in [0.25, 0.3) is 0 Å². The van der Waals surface area contributed by atoms with Gasteiger partial charge in [-0.3, -0.25) is 4.79 Å². The number of carbonyl (C=O) groups is 2. The maximum atomic E-state index is 12.5. The summed E-state index contributed by atoms with van der Waals surface area (Å²) in [6.45, 7) is 1.07. The molecule has 0 radical (unpaired) electrons. The number of nitrogens with zero attached hydrogens (tertiary/aromatic N) is 1. The summed E-state index contributed by atoms with van der Waals surface area (Å²) in [6.07, 6.45) is 1.46. The minimum absolute atomic E-state index is 0.176. The average molecular weight is 485 g/mol. The van der Waals surface area contributed by atoms with Crippen LogP contribution < -0.4 is 14.9 Å². The van der Waals surface area contributed by atoms with Crippen LogP contribution in [0.2, 0.25) is 10.0 Å². The molecule has 1 amide bonds. The number of carbonyl (C=O) groups excluding carboxylic acids is 2. The summed E-state index contributed by atoms with van der Waals surface area (Å²) in [5, 5.41) is 4.59. The lowest BCUT2D eigenvalue weighted by Crippen LogP contribution is -2.17. The number of hydrogen-bond donors (Lipinski definition) is 1. The molecule has 0 unspecified atom stereocenters. The maximum absolute atomic E-state index is 12.5. The van der Waals surface area contributed by atoms with E-state index in [1.807, 2.05) is 6.07 Å². The quantitative estimate of drug-likeness (QED) is 0.230. The van der Waals surface area contributed by atoms with Gasteiger partial charge in [0.15, 0.2) is 11.5 Å². The lowest BCUT2D eigenvalue weighted by molar-refractivity contribution is 0.0729. The molecule has 0 aromatic heterocycles. The van der Waals surface area contributed by atoms with Crippen molar-refractivity contribution in [2.24, 2.45) is 5.10 Å². The fraction of sp³-hybridized carbons (Fsp3) is 0.125. The van der Waals surface area contributed by atoms with E-state index in [1.165, 1.54) is 25.5 Å². The molecule has 4 rings (SSSR count). The highest BCUT2D eigenvalue weighted by molar-refractivity contribution is 6.36. The Morgan fingerprint density at radius 3 is 2.61 bits per heavy atom. The molecular weight excluding hydrogens is 467 g/mol. The van der Waals surface area contributed by atoms with Gasteiger partial charge in [-0.1, -0.05) is 29.3 Å². The van der Waals surface area contributed by atoms with Crippen LogP contribution >= 0.6 is 23.2 Å². The van der Waals surface area contributed by atoms with Crippen LogP contribution in [0.5, 0.6) is 11.5 Å². The first-order valence-corrected chi connectivity index (χ1v) is 10.6. The molecule has 0 saturated carbocycles. The van der Waals surface area contributed by atoms with Crippen molar-refractivity contribution in [2.45, 2.75) is 13.2 Å². The second kappa shape index (κ2) is 10.0. The van der Waals surface area contributed by atoms with E-state index in [0.717, 1.165) is 11.1 Å². The van der Waals surface area contributed by atoms with Gasteiger partial charge in [0, 0.05) is 10.6 Å². The summed E-state index contributed by atoms with van der Waals surface area (Å²) in [7, 11) is 1.45. The third-order valence-electron chi connectivity index (χ3n) is 4.90. The Morgan fingerprint density at radius 1 is 1.00 bits per heavy atom. The number of nitrogens with one attached hydrogen (secondary N) is 1. The van der Waals surface area contributed by atoms with Gasteiger partial charge in [0.25, 0.3) is 5.91 Å². The van der Waals surface area contributed by atoms with Crippen molar-refractivity contribution in [1.82, 2.24) is 5.43 Å². The first-order chi connectivity index (χ1) is 15.9. The van der Waals surface area contributed by atoms with Crippen molar-refractivity contribution >= 4 is 41.3 Å². The summed E-state index contributed by atoms with van der Waals surface area (Å²) >= 11 is 11.9. The van der Waals surface area contributed by atoms with Crippen LogP contribution in [-0.4, -0.2) is 25.2 Å². The minimum Gasteiger partial charge on any atom is -0.493 e. The van der Waals surface area contributed by atoms with Crippen LogP contribution in [-0.2, 0) is 18.0 Å². The Morgan fingerprint density at radius 2 is 1.82 bits per heavy atom. The summed E-state index contributed by atoms with van der Waals surface area (Å²) < 4.78 is 16.1. The fourth-order valence-corrected chi connectivity index (χ4v) is 3.69. The zero-order chi connectivity index (χ0) is 23.4. The Balaban J connectivity index is 1.42. The first kappa shape index (κ1) is 22.8. The second-order valence-corrected chi connectivity index (χ2v) is 7.94. The number of rotatable bonds is 6. The van der Waals surface area contributed by atoms with Gasteiger partial charge >= 0.3 is 5.97 Å². The molecule has 0 bridgehead atoms. The number of ether oxygens (including phenoxy) is 3. The zero-order valence-corrected chi connectivity index (χ0v) is 18.9. The summed E-state index contributed by atoms with van der Waals surface area (Å²) in [5.41, 5.74) is 5.88. The van der Waals surface area contributed by atoms with E-state index in [9.17, 15) is 9.59 Å². The average Bonchev–Trinajstić information content (AvgIpc) is 3.27. The predicted octanol–water partition coefficient (Wildman–Crippen LogP) is 5.02. The monoisotopic (exact) mass is 484 g/mol. The molecular formula is C24H18Cl2N2O5. The Kier molecular flexibility index (Phi) is 6.93. The van der Waals surface area contributed by atoms with Gasteiger partial charge in [0.1, 0.15) is 0 Å². The van der Waals surface area contributed by atoms with E-state index in [-0.39, 0.29) is 22.2 Å². The SMILES string of the molecule is COc1cc(C=NNC(=O)c2ccc3c(c2)COC3)ccc1OC(=O)c1ccc(Cl)cc1Cl. The van der Waals surface area contributed by atoms with Gasteiger partial charge in [-0.05, 0) is 65.2 Å². The van der Waals surface area contributed by atoms with Gasteiger partial charge in [-0.25, -0.2) is 10.2 Å². The van der Waals surface area contributed by atoms with Gasteiger partial charge in [0.2, 0.25) is 0 Å². The second-order valence-electron chi connectivity index (χ2n) is 7.10. The molecule has 33 heavy (non-hydrogen) atoms. The van der Waals surface area contributed by atoms with Crippen molar-refractivity contribution in [3.63, 3.8) is 0 Å². The normalized spacial score (nSPS) is 12.5. The van der Waals surface area contributed by atoms with Crippen LogP contribution in [0.15, 0.2) is 59.7 Å². The van der Waals surface area contributed by atoms with Crippen molar-refractivity contribution in [3.05, 3.63) is 92.5 Å². The van der Waals surface area contributed by atoms with Crippen LogP contribution in [0.1, 0.15) is 37.4 Å². The maximum Gasteiger partial charge on any atom is 0.345 e. The first-order valence-electron chi connectivity index (χ1n) is 9.83. The van der Waals surface area contributed by atoms with Crippen LogP contribution in [0.3, 0.4) is 0 Å². The number of esters is 1. The zero-order valence-electron chi connectivity index (χ0n) is 17.4. The Hall–Kier alpha value is -3.39. The molecule has 0 saturated heterocycles. The summed E-state index contributed by atoms with van der Waals surface area (Å²) in [4.78, 5) is 24.8. The van der Waals surface area contributed by atoms with Gasteiger partial charge < -0.3 is 14.2 Å². The molecule has 1 aliphatic rings. The topological polar surface area (TPSA) is 86.2 Å². The van der Waals surface area contributed by atoms with E-state index in [4.69, 9.17) is 37.4 Å². The molecule has 1 aliphatic heterocycles. The number of fused-ring (bicyclic) bond motifs is 1. The standard InChI is InChI=1S/C24H18Cl2N2O5/c1-31-22-8-14(2-7-21(22)33-24(30)19-6-5-18(25)10-20(19)26)11-27-28-23(29)15-3-4-16-12-32-13-17(16)9-15/h2-11H,12-13H2,1H3,(H,28,29). The molecule has 0 fully saturated rings. The molecule has 3 aromatic carbocycles. The van der Waals surface area contributed by atoms with Crippen molar-refractivity contribution in [1.29, 1.82) is 0 Å². The molecule has 1 N–H and O–H groups in total. The van der Waals surface area contributed by atoms with Crippen molar-refractivity contribution in [2.75, 3.05) is 7.11 Å². The molecule has 0 atom stereocenters. The highest BCUT2D eigenvalue weighted by Crippen LogP contribution is 2.30. The number of benzene rings is 3. The van der Waals surface area contributed by atoms with E-state index in [1.54, 1.807) is 36.4 Å². The number of halogens is 2. The van der Waals surface area contributed by atoms with E-state index in [2.05, 4.69) is 10.5 Å². The molecule has 168 valence electrons. The molecule has 3 aromatic rings. The molecule has 7 nitrogen and oxygen atoms in total. The highest BCUT2D eigenvalue weighted by atomic mass is 35.5. The number of hydrogen-bond acceptors (Lipinski definition) is 6. The van der Waals surface area contributed by atoms with Crippen LogP contribution in [0, 0.1) is 0 Å². The highest BCUT2D eigenvalue weighted by Gasteiger charge is 2.16. The number of hydrazone groups is 1. The number of amides is 1. The summed E-state index contributed by atoms with van der Waals surface area (Å²) in [6, 6.07) is 14.7. The van der Waals surface area contributed by atoms with Crippen LogP contribution in [0.4, 0.5) is 0 Å². The van der Waals surface area contributed by atoms with E-state index >= 15 is 0 Å². The third kappa shape index (κ3) is 5.34. The van der Waals surface area contributed by atoms with Gasteiger partial charge in [-0.2, -0.15) is 5.10 Å². The lowest BCUT2D eigenvalue weighted by Gasteiger charge is -2.10. The molecule has 0 spiro atoms. The lowest BCUT2D eigenvalue weighted by atomic mass is 10.1. The van der Waals surface area contributed by atoms with Crippen molar-refractivity contribution < 1.29 is 23.8 Å². The smallest absolute Gasteiger partial charge is 0.345 e. The Bertz CT molecular complexity index is 1260. The van der Waals surface area contributed by atoms with Gasteiger partial charge in [-0.15, -0.1) is 0 Å². The predicted molar refractivity (Wildman–Crippen MR) is 124 cm³/mol. The van der Waals surface area contributed by atoms with Crippen molar-refractivity contribution in [3.8, 4) is 11.5 Å². The largest absolute Gasteiger partial charge is 0.493 e. The van der Waals surface area contributed by atoms with E-state index in [0.29, 0.717) is 35.1 Å². The molecule has 9 heteroatoms. The Labute approximate surface area is 199 Å².